The van der Waals surface area contributed by atoms with Crippen LogP contribution in [0.1, 0.15) is 35.9 Å². The average molecular weight is 383 g/mol. The number of methoxy groups -OCH3 is 1. The molecule has 3 rings (SSSR count). The van der Waals surface area contributed by atoms with E-state index in [0.717, 1.165) is 12.8 Å². The van der Waals surface area contributed by atoms with Crippen molar-refractivity contribution in [3.8, 4) is 11.5 Å². The highest BCUT2D eigenvalue weighted by Gasteiger charge is 2.28. The summed E-state index contributed by atoms with van der Waals surface area (Å²) in [5, 5.41) is 0.408. The van der Waals surface area contributed by atoms with E-state index in [1.807, 2.05) is 0 Å². The first-order chi connectivity index (χ1) is 12.2. The first-order valence-electron chi connectivity index (χ1n) is 8.27. The lowest BCUT2D eigenvalue weighted by Crippen LogP contribution is -2.38. The Morgan fingerprint density at radius 1 is 1.27 bits per heavy atom. The fourth-order valence-electron chi connectivity index (χ4n) is 3.20. The normalized spacial score (nSPS) is 16.1. The molecule has 2 aromatic rings. The van der Waals surface area contributed by atoms with E-state index in [1.165, 1.54) is 19.2 Å². The summed E-state index contributed by atoms with van der Waals surface area (Å²) in [5.41, 5.74) is 0.730. The molecule has 26 heavy (non-hydrogen) atoms. The number of benzene rings is 1. The summed E-state index contributed by atoms with van der Waals surface area (Å²) in [4.78, 5) is 14.7. The number of aryl methyl sites for hydroxylation is 1. The van der Waals surface area contributed by atoms with E-state index in [0.29, 0.717) is 41.3 Å². The molecule has 1 amide bonds. The van der Waals surface area contributed by atoms with Gasteiger partial charge in [-0.2, -0.15) is 8.42 Å². The van der Waals surface area contributed by atoms with Crippen LogP contribution < -0.4 is 8.92 Å². The maximum absolute atomic E-state index is 13.0. The zero-order valence-electron chi connectivity index (χ0n) is 14.8. The van der Waals surface area contributed by atoms with Gasteiger partial charge in [0.1, 0.15) is 11.3 Å². The van der Waals surface area contributed by atoms with Gasteiger partial charge >= 0.3 is 10.4 Å². The third-order valence-corrected chi connectivity index (χ3v) is 5.02. The minimum atomic E-state index is -4.74. The van der Waals surface area contributed by atoms with Crippen molar-refractivity contribution in [2.45, 2.75) is 26.7 Å². The highest BCUT2D eigenvalue weighted by molar-refractivity contribution is 7.81. The van der Waals surface area contributed by atoms with Gasteiger partial charge < -0.3 is 18.2 Å². The van der Waals surface area contributed by atoms with E-state index in [1.54, 1.807) is 11.8 Å². The van der Waals surface area contributed by atoms with Crippen molar-refractivity contribution < 1.29 is 31.1 Å². The van der Waals surface area contributed by atoms with Gasteiger partial charge in [0.25, 0.3) is 5.91 Å². The molecule has 1 aromatic heterocycles. The topological polar surface area (TPSA) is 106 Å². The molecule has 1 fully saturated rings. The van der Waals surface area contributed by atoms with Gasteiger partial charge in [0.05, 0.1) is 12.7 Å². The first kappa shape index (κ1) is 18.5. The molecule has 0 atom stereocenters. The largest absolute Gasteiger partial charge is 0.493 e. The highest BCUT2D eigenvalue weighted by Crippen LogP contribution is 2.37. The Bertz CT molecular complexity index is 940. The molecule has 0 radical (unpaired) electrons. The number of carbonyl (C=O) groups is 1. The molecule has 1 saturated heterocycles. The van der Waals surface area contributed by atoms with Crippen LogP contribution in [-0.2, 0) is 10.4 Å². The molecule has 9 heteroatoms. The van der Waals surface area contributed by atoms with Crippen molar-refractivity contribution in [3.63, 3.8) is 0 Å². The Morgan fingerprint density at radius 3 is 2.50 bits per heavy atom. The molecule has 8 nitrogen and oxygen atoms in total. The van der Waals surface area contributed by atoms with Crippen LogP contribution in [0.15, 0.2) is 16.5 Å². The van der Waals surface area contributed by atoms with Crippen molar-refractivity contribution in [2.24, 2.45) is 5.92 Å². The molecular formula is C17H21NO7S. The number of likely N-dealkylation sites (tertiary alicyclic amines) is 1. The summed E-state index contributed by atoms with van der Waals surface area (Å²) in [5.74, 6) is 0.686. The van der Waals surface area contributed by atoms with Crippen molar-refractivity contribution in [1.29, 1.82) is 0 Å². The molecule has 1 aliphatic rings. The van der Waals surface area contributed by atoms with Gasteiger partial charge in [-0.1, -0.05) is 6.92 Å². The van der Waals surface area contributed by atoms with Gasteiger partial charge in [-0.05, 0) is 31.7 Å². The zero-order valence-corrected chi connectivity index (χ0v) is 15.6. The van der Waals surface area contributed by atoms with Gasteiger partial charge in [-0.15, -0.1) is 0 Å². The summed E-state index contributed by atoms with van der Waals surface area (Å²) >= 11 is 0. The van der Waals surface area contributed by atoms with Crippen LogP contribution in [0, 0.1) is 12.8 Å². The molecule has 2 heterocycles. The minimum absolute atomic E-state index is 0.0645. The van der Waals surface area contributed by atoms with E-state index in [2.05, 4.69) is 11.1 Å². The van der Waals surface area contributed by atoms with E-state index in [4.69, 9.17) is 13.7 Å². The van der Waals surface area contributed by atoms with E-state index in [-0.39, 0.29) is 17.4 Å². The monoisotopic (exact) mass is 383 g/mol. The Balaban J connectivity index is 2.06. The number of hydrogen-bond acceptors (Lipinski definition) is 6. The van der Waals surface area contributed by atoms with Crippen molar-refractivity contribution in [2.75, 3.05) is 20.2 Å². The lowest BCUT2D eigenvalue weighted by Gasteiger charge is -2.30. The second-order valence-electron chi connectivity index (χ2n) is 6.52. The van der Waals surface area contributed by atoms with Crippen LogP contribution in [0.25, 0.3) is 11.0 Å². The van der Waals surface area contributed by atoms with Gasteiger partial charge in [-0.3, -0.25) is 9.35 Å². The molecule has 1 aliphatic heterocycles. The first-order valence-corrected chi connectivity index (χ1v) is 9.63. The molecule has 0 saturated carbocycles. The Labute approximate surface area is 151 Å². The number of rotatable bonds is 4. The standard InChI is InChI=1S/C17H21NO7S/c1-10-4-6-18(7-5-10)17(19)16-11(2)24-13-9-14(23-3)15(8-12(13)16)25-26(20,21)22/h8-10H,4-7H2,1-3H3,(H,20,21,22). The van der Waals surface area contributed by atoms with E-state index >= 15 is 0 Å². The predicted octanol–water partition coefficient (Wildman–Crippen LogP) is 2.80. The van der Waals surface area contributed by atoms with Crippen LogP contribution in [0.3, 0.4) is 0 Å². The minimum Gasteiger partial charge on any atom is -0.493 e. The maximum Gasteiger partial charge on any atom is 0.446 e. The number of hydrogen-bond donors (Lipinski definition) is 1. The number of nitrogens with zero attached hydrogens (tertiary/aromatic N) is 1. The van der Waals surface area contributed by atoms with Crippen molar-refractivity contribution >= 4 is 27.3 Å². The Morgan fingerprint density at radius 2 is 1.92 bits per heavy atom. The van der Waals surface area contributed by atoms with Gasteiger partial charge in [0.15, 0.2) is 11.5 Å². The molecule has 142 valence electrons. The summed E-state index contributed by atoms with van der Waals surface area (Å²) in [6.45, 7) is 5.16. The smallest absolute Gasteiger partial charge is 0.446 e. The third-order valence-electron chi connectivity index (χ3n) is 4.63. The summed E-state index contributed by atoms with van der Waals surface area (Å²) in [6, 6.07) is 2.76. The lowest BCUT2D eigenvalue weighted by molar-refractivity contribution is 0.0697. The second-order valence-corrected chi connectivity index (χ2v) is 7.54. The molecule has 0 aliphatic carbocycles. The number of amides is 1. The van der Waals surface area contributed by atoms with Gasteiger partial charge in [0.2, 0.25) is 0 Å². The van der Waals surface area contributed by atoms with Crippen LogP contribution >= 0.6 is 0 Å². The summed E-state index contributed by atoms with van der Waals surface area (Å²) in [6.07, 6.45) is 1.87. The fraction of sp³-hybridized carbons (Fsp3) is 0.471. The van der Waals surface area contributed by atoms with E-state index < -0.39 is 10.4 Å². The lowest BCUT2D eigenvalue weighted by atomic mass is 9.98. The Kier molecular flexibility index (Phi) is 4.85. The van der Waals surface area contributed by atoms with Crippen LogP contribution in [0.2, 0.25) is 0 Å². The van der Waals surface area contributed by atoms with Crippen molar-refractivity contribution in [1.82, 2.24) is 4.90 Å². The number of fused-ring (bicyclic) bond motifs is 1. The zero-order chi connectivity index (χ0) is 19.1. The average Bonchev–Trinajstić information content (AvgIpc) is 2.87. The fourth-order valence-corrected chi connectivity index (χ4v) is 3.56. The number of piperidine rings is 1. The number of ether oxygens (including phenoxy) is 1. The second kappa shape index (κ2) is 6.81. The van der Waals surface area contributed by atoms with Crippen LogP contribution in [0.4, 0.5) is 0 Å². The van der Waals surface area contributed by atoms with Crippen LogP contribution in [-0.4, -0.2) is 44.0 Å². The molecule has 0 bridgehead atoms. The summed E-state index contributed by atoms with van der Waals surface area (Å²) in [7, 11) is -3.41. The molecule has 1 aromatic carbocycles. The molecular weight excluding hydrogens is 362 g/mol. The van der Waals surface area contributed by atoms with Crippen LogP contribution in [0.5, 0.6) is 11.5 Å². The third kappa shape index (κ3) is 3.63. The highest BCUT2D eigenvalue weighted by atomic mass is 32.3. The van der Waals surface area contributed by atoms with Gasteiger partial charge in [0, 0.05) is 24.5 Å². The molecule has 0 unspecified atom stereocenters. The SMILES string of the molecule is COc1cc2oc(C)c(C(=O)N3CCC(C)CC3)c2cc1OS(=O)(=O)O. The molecule has 1 N–H and O–H groups in total. The van der Waals surface area contributed by atoms with Gasteiger partial charge in [-0.25, -0.2) is 0 Å². The van der Waals surface area contributed by atoms with E-state index in [9.17, 15) is 13.2 Å². The Hall–Kier alpha value is -2.26. The molecule has 0 spiro atoms. The summed E-state index contributed by atoms with van der Waals surface area (Å²) < 4.78 is 46.5. The quantitative estimate of drug-likeness (QED) is 0.809. The number of carbonyl (C=O) groups excluding carboxylic acids is 1. The number of furan rings is 1. The predicted molar refractivity (Wildman–Crippen MR) is 94.0 cm³/mol. The van der Waals surface area contributed by atoms with Crippen molar-refractivity contribution in [3.05, 3.63) is 23.5 Å². The maximum atomic E-state index is 13.0.